The number of allylic oxidation sites excluding steroid dienone is 1. The van der Waals surface area contributed by atoms with Crippen LogP contribution in [0.2, 0.25) is 0 Å². The predicted octanol–water partition coefficient (Wildman–Crippen LogP) is 0.0726. The van der Waals surface area contributed by atoms with Crippen molar-refractivity contribution in [3.8, 4) is 12.3 Å². The zero-order valence-electron chi connectivity index (χ0n) is 5.66. The van der Waals surface area contributed by atoms with Gasteiger partial charge in [-0.2, -0.15) is 4.72 Å². The van der Waals surface area contributed by atoms with E-state index in [4.69, 9.17) is 6.42 Å². The third kappa shape index (κ3) is 4.13. The number of rotatable bonds is 3. The van der Waals surface area contributed by atoms with Crippen LogP contribution in [0.4, 0.5) is 0 Å². The summed E-state index contributed by atoms with van der Waals surface area (Å²) in [5.74, 6) is 2.16. The Morgan fingerprint density at radius 1 is 1.70 bits per heavy atom. The van der Waals surface area contributed by atoms with Crippen LogP contribution < -0.4 is 4.72 Å². The third-order valence-electron chi connectivity index (χ3n) is 0.691. The minimum atomic E-state index is -3.27. The number of terminal acetylenes is 1. The van der Waals surface area contributed by atoms with Crippen LogP contribution in [0.25, 0.3) is 0 Å². The maximum Gasteiger partial charge on any atom is 0.234 e. The minimum Gasteiger partial charge on any atom is -0.208 e. The summed E-state index contributed by atoms with van der Waals surface area (Å²) in [7, 11) is -3.27. The van der Waals surface area contributed by atoms with Crippen molar-refractivity contribution in [2.24, 2.45) is 0 Å². The highest BCUT2D eigenvalue weighted by atomic mass is 32.2. The predicted molar refractivity (Wildman–Crippen MR) is 40.6 cm³/mol. The first-order chi connectivity index (χ1) is 4.62. The molecule has 0 saturated heterocycles. The van der Waals surface area contributed by atoms with Gasteiger partial charge in [0.05, 0.1) is 6.54 Å². The van der Waals surface area contributed by atoms with Crippen LogP contribution >= 0.6 is 0 Å². The van der Waals surface area contributed by atoms with Crippen LogP contribution in [0.5, 0.6) is 0 Å². The largest absolute Gasteiger partial charge is 0.234 e. The van der Waals surface area contributed by atoms with Gasteiger partial charge in [-0.3, -0.25) is 0 Å². The molecule has 0 rings (SSSR count). The van der Waals surface area contributed by atoms with Gasteiger partial charge < -0.3 is 0 Å². The lowest BCUT2D eigenvalue weighted by atomic mass is 10.7. The monoisotopic (exact) mass is 159 g/mol. The summed E-state index contributed by atoms with van der Waals surface area (Å²) in [4.78, 5) is 0. The molecule has 0 fully saturated rings. The van der Waals surface area contributed by atoms with E-state index in [1.807, 2.05) is 0 Å². The lowest BCUT2D eigenvalue weighted by Crippen LogP contribution is -2.21. The molecule has 0 unspecified atom stereocenters. The molecule has 10 heavy (non-hydrogen) atoms. The third-order valence-corrected chi connectivity index (χ3v) is 1.87. The first kappa shape index (κ1) is 9.21. The second-order valence-electron chi connectivity index (χ2n) is 1.54. The molecule has 0 aliphatic carbocycles. The van der Waals surface area contributed by atoms with Gasteiger partial charge in [-0.1, -0.05) is 12.0 Å². The van der Waals surface area contributed by atoms with Crippen molar-refractivity contribution in [1.82, 2.24) is 4.72 Å². The molecule has 0 bridgehead atoms. The topological polar surface area (TPSA) is 46.2 Å². The van der Waals surface area contributed by atoms with E-state index in [0.29, 0.717) is 0 Å². The molecule has 3 nitrogen and oxygen atoms in total. The summed E-state index contributed by atoms with van der Waals surface area (Å²) in [6, 6.07) is 0. The highest BCUT2D eigenvalue weighted by Gasteiger charge is 1.99. The van der Waals surface area contributed by atoms with Gasteiger partial charge in [-0.05, 0) is 6.92 Å². The maximum absolute atomic E-state index is 10.7. The molecule has 0 saturated carbocycles. The van der Waals surface area contributed by atoms with E-state index in [0.717, 1.165) is 5.41 Å². The van der Waals surface area contributed by atoms with Crippen LogP contribution in [-0.4, -0.2) is 15.0 Å². The fourth-order valence-electron chi connectivity index (χ4n) is 0.370. The Hall–Kier alpha value is -0.790. The van der Waals surface area contributed by atoms with E-state index in [2.05, 4.69) is 10.6 Å². The highest BCUT2D eigenvalue weighted by molar-refractivity contribution is 7.92. The lowest BCUT2D eigenvalue weighted by molar-refractivity contribution is 0.595. The Bertz CT molecular complexity index is 245. The van der Waals surface area contributed by atoms with Crippen molar-refractivity contribution in [2.75, 3.05) is 6.54 Å². The number of hydrogen-bond donors (Lipinski definition) is 1. The molecule has 0 heterocycles. The van der Waals surface area contributed by atoms with E-state index in [1.54, 1.807) is 6.92 Å². The number of nitrogens with one attached hydrogen (secondary N) is 1. The standard InChI is InChI=1S/C6H9NO2S/c1-3-5-7-10(8,9)6-4-2/h1,4,6-7H,5H2,2H3/b6-4+. The molecule has 0 aliphatic heterocycles. The van der Waals surface area contributed by atoms with E-state index in [9.17, 15) is 8.42 Å². The summed E-state index contributed by atoms with van der Waals surface area (Å²) < 4.78 is 23.6. The van der Waals surface area contributed by atoms with Crippen molar-refractivity contribution in [3.05, 3.63) is 11.5 Å². The normalized spacial score (nSPS) is 11.6. The molecule has 0 atom stereocenters. The molecule has 0 radical (unpaired) electrons. The zero-order valence-corrected chi connectivity index (χ0v) is 6.48. The van der Waals surface area contributed by atoms with E-state index in [1.165, 1.54) is 6.08 Å². The fourth-order valence-corrected chi connectivity index (χ4v) is 1.11. The van der Waals surface area contributed by atoms with Gasteiger partial charge >= 0.3 is 0 Å². The van der Waals surface area contributed by atoms with Gasteiger partial charge in [0.1, 0.15) is 0 Å². The highest BCUT2D eigenvalue weighted by Crippen LogP contribution is 1.83. The summed E-state index contributed by atoms with van der Waals surface area (Å²) in [5, 5.41) is 1.06. The molecule has 56 valence electrons. The van der Waals surface area contributed by atoms with Crippen LogP contribution in [0, 0.1) is 12.3 Å². The molecular weight excluding hydrogens is 150 g/mol. The number of sulfonamides is 1. The van der Waals surface area contributed by atoms with E-state index >= 15 is 0 Å². The molecule has 0 aromatic carbocycles. The van der Waals surface area contributed by atoms with Crippen molar-refractivity contribution < 1.29 is 8.42 Å². The lowest BCUT2D eigenvalue weighted by Gasteiger charge is -1.94. The molecular formula is C6H9NO2S. The summed E-state index contributed by atoms with van der Waals surface area (Å²) in [5.41, 5.74) is 0. The first-order valence-electron chi connectivity index (χ1n) is 2.68. The second-order valence-corrected chi connectivity index (χ2v) is 3.19. The Morgan fingerprint density at radius 3 is 2.70 bits per heavy atom. The number of hydrogen-bond acceptors (Lipinski definition) is 2. The van der Waals surface area contributed by atoms with Crippen molar-refractivity contribution in [3.63, 3.8) is 0 Å². The van der Waals surface area contributed by atoms with Gasteiger partial charge in [-0.15, -0.1) is 6.42 Å². The van der Waals surface area contributed by atoms with Crippen LogP contribution in [0.1, 0.15) is 6.92 Å². The van der Waals surface area contributed by atoms with Gasteiger partial charge in [-0.25, -0.2) is 8.42 Å². The average molecular weight is 159 g/mol. The fraction of sp³-hybridized carbons (Fsp3) is 0.333. The zero-order chi connectivity index (χ0) is 8.04. The molecule has 0 aromatic heterocycles. The van der Waals surface area contributed by atoms with E-state index < -0.39 is 10.0 Å². The molecule has 4 heteroatoms. The Kier molecular flexibility index (Phi) is 3.77. The molecule has 0 spiro atoms. The Labute approximate surface area is 61.2 Å². The Balaban J connectivity index is 4.05. The van der Waals surface area contributed by atoms with Crippen LogP contribution in [0.15, 0.2) is 11.5 Å². The molecule has 0 aliphatic rings. The van der Waals surface area contributed by atoms with Gasteiger partial charge in [0.25, 0.3) is 0 Å². The van der Waals surface area contributed by atoms with Gasteiger partial charge in [0.2, 0.25) is 10.0 Å². The van der Waals surface area contributed by atoms with Crippen molar-refractivity contribution in [1.29, 1.82) is 0 Å². The van der Waals surface area contributed by atoms with Gasteiger partial charge in [0, 0.05) is 5.41 Å². The smallest absolute Gasteiger partial charge is 0.208 e. The summed E-state index contributed by atoms with van der Waals surface area (Å²) in [6.07, 6.45) is 6.26. The van der Waals surface area contributed by atoms with E-state index in [-0.39, 0.29) is 6.54 Å². The van der Waals surface area contributed by atoms with Crippen LogP contribution in [-0.2, 0) is 10.0 Å². The maximum atomic E-state index is 10.7. The minimum absolute atomic E-state index is 0.0344. The second kappa shape index (κ2) is 4.09. The molecule has 0 amide bonds. The summed E-state index contributed by atoms with van der Waals surface area (Å²) in [6.45, 7) is 1.65. The average Bonchev–Trinajstić information content (AvgIpc) is 1.84. The SMILES string of the molecule is C#CCNS(=O)(=O)/C=C/C. The van der Waals surface area contributed by atoms with Gasteiger partial charge in [0.15, 0.2) is 0 Å². The summed E-state index contributed by atoms with van der Waals surface area (Å²) >= 11 is 0. The Morgan fingerprint density at radius 2 is 2.30 bits per heavy atom. The van der Waals surface area contributed by atoms with Crippen molar-refractivity contribution in [2.45, 2.75) is 6.92 Å². The quantitative estimate of drug-likeness (QED) is 0.592. The molecule has 1 N–H and O–H groups in total. The molecule has 0 aromatic rings. The first-order valence-corrected chi connectivity index (χ1v) is 4.23. The van der Waals surface area contributed by atoms with Crippen LogP contribution in [0.3, 0.4) is 0 Å². The van der Waals surface area contributed by atoms with Crippen molar-refractivity contribution >= 4 is 10.0 Å².